The molecule has 0 spiro atoms. The number of rotatable bonds is 22. The Hall–Kier alpha value is -0.820. The van der Waals surface area contributed by atoms with Crippen molar-refractivity contribution in [3.63, 3.8) is 0 Å². The van der Waals surface area contributed by atoms with Gasteiger partial charge in [-0.3, -0.25) is 0 Å². The quantitative estimate of drug-likeness (QED) is 0.171. The second-order valence-electron chi connectivity index (χ2n) is 9.38. The van der Waals surface area contributed by atoms with Gasteiger partial charge in [0.2, 0.25) is 0 Å². The molecule has 0 saturated heterocycles. The van der Waals surface area contributed by atoms with Crippen LogP contribution in [-0.4, -0.2) is 24.5 Å². The van der Waals surface area contributed by atoms with E-state index in [-0.39, 0.29) is 0 Å². The number of benzene rings is 1. The molecule has 1 heteroatoms. The SMILES string of the molecule is CCCCCCCCCCN(CCCCCCCCCC)CCCc1ccccc1. The molecule has 0 radical (unpaired) electrons. The van der Waals surface area contributed by atoms with Crippen molar-refractivity contribution in [1.29, 1.82) is 0 Å². The third kappa shape index (κ3) is 16.9. The number of aryl methyl sites for hydroxylation is 1. The van der Waals surface area contributed by atoms with Gasteiger partial charge in [-0.05, 0) is 50.9 Å². The van der Waals surface area contributed by atoms with Crippen LogP contribution in [0.4, 0.5) is 0 Å². The second kappa shape index (κ2) is 21.4. The van der Waals surface area contributed by atoms with E-state index in [1.54, 1.807) is 0 Å². The first-order valence-electron chi connectivity index (χ1n) is 13.6. The fraction of sp³-hybridized carbons (Fsp3) is 0.793. The van der Waals surface area contributed by atoms with E-state index in [0.29, 0.717) is 0 Å². The van der Waals surface area contributed by atoms with Crippen LogP contribution in [0, 0.1) is 0 Å². The Morgan fingerprint density at radius 3 is 1.33 bits per heavy atom. The van der Waals surface area contributed by atoms with Crippen LogP contribution in [0.5, 0.6) is 0 Å². The van der Waals surface area contributed by atoms with Crippen molar-refractivity contribution in [2.45, 2.75) is 129 Å². The molecule has 174 valence electrons. The van der Waals surface area contributed by atoms with Crippen LogP contribution in [0.25, 0.3) is 0 Å². The first-order valence-corrected chi connectivity index (χ1v) is 13.6. The van der Waals surface area contributed by atoms with Crippen LogP contribution in [0.2, 0.25) is 0 Å². The molecule has 1 aromatic rings. The Morgan fingerprint density at radius 2 is 0.867 bits per heavy atom. The van der Waals surface area contributed by atoms with Crippen LogP contribution < -0.4 is 0 Å². The zero-order valence-corrected chi connectivity index (χ0v) is 20.7. The highest BCUT2D eigenvalue weighted by Crippen LogP contribution is 2.12. The molecular weight excluding hydrogens is 362 g/mol. The zero-order valence-electron chi connectivity index (χ0n) is 20.7. The third-order valence-corrected chi connectivity index (χ3v) is 6.44. The van der Waals surface area contributed by atoms with Crippen molar-refractivity contribution >= 4 is 0 Å². The monoisotopic (exact) mass is 415 g/mol. The van der Waals surface area contributed by atoms with Gasteiger partial charge in [0.15, 0.2) is 0 Å². The molecular formula is C29H53N. The van der Waals surface area contributed by atoms with E-state index in [2.05, 4.69) is 49.1 Å². The van der Waals surface area contributed by atoms with Crippen LogP contribution >= 0.6 is 0 Å². The van der Waals surface area contributed by atoms with E-state index in [0.717, 1.165) is 0 Å². The summed E-state index contributed by atoms with van der Waals surface area (Å²) in [6.07, 6.45) is 25.3. The lowest BCUT2D eigenvalue weighted by molar-refractivity contribution is 0.257. The number of nitrogens with zero attached hydrogens (tertiary/aromatic N) is 1. The normalized spacial score (nSPS) is 11.4. The summed E-state index contributed by atoms with van der Waals surface area (Å²) in [6.45, 7) is 8.53. The van der Waals surface area contributed by atoms with E-state index >= 15 is 0 Å². The molecule has 0 aromatic heterocycles. The molecule has 0 unspecified atom stereocenters. The average molecular weight is 416 g/mol. The van der Waals surface area contributed by atoms with Crippen LogP contribution in [-0.2, 0) is 6.42 Å². The lowest BCUT2D eigenvalue weighted by Crippen LogP contribution is -2.27. The van der Waals surface area contributed by atoms with Gasteiger partial charge >= 0.3 is 0 Å². The molecule has 0 fully saturated rings. The molecule has 0 heterocycles. The van der Waals surface area contributed by atoms with Crippen LogP contribution in [0.15, 0.2) is 30.3 Å². The van der Waals surface area contributed by atoms with Gasteiger partial charge in [0.1, 0.15) is 0 Å². The molecule has 1 rings (SSSR count). The summed E-state index contributed by atoms with van der Waals surface area (Å²) in [6, 6.07) is 11.0. The lowest BCUT2D eigenvalue weighted by Gasteiger charge is -2.22. The molecule has 0 aliphatic rings. The van der Waals surface area contributed by atoms with Gasteiger partial charge in [0.25, 0.3) is 0 Å². The fourth-order valence-electron chi connectivity index (χ4n) is 4.43. The van der Waals surface area contributed by atoms with Gasteiger partial charge in [0.05, 0.1) is 0 Å². The van der Waals surface area contributed by atoms with Crippen molar-refractivity contribution in [3.05, 3.63) is 35.9 Å². The fourth-order valence-corrected chi connectivity index (χ4v) is 4.43. The maximum atomic E-state index is 2.77. The van der Waals surface area contributed by atoms with Crippen molar-refractivity contribution in [1.82, 2.24) is 4.90 Å². The average Bonchev–Trinajstić information content (AvgIpc) is 2.77. The summed E-state index contributed by atoms with van der Waals surface area (Å²) < 4.78 is 0. The minimum atomic E-state index is 1.23. The van der Waals surface area contributed by atoms with Gasteiger partial charge in [-0.25, -0.2) is 0 Å². The molecule has 0 amide bonds. The van der Waals surface area contributed by atoms with Crippen molar-refractivity contribution in [2.24, 2.45) is 0 Å². The third-order valence-electron chi connectivity index (χ3n) is 6.44. The minimum absolute atomic E-state index is 1.23. The molecule has 0 bridgehead atoms. The van der Waals surface area contributed by atoms with Crippen molar-refractivity contribution < 1.29 is 0 Å². The van der Waals surface area contributed by atoms with Crippen LogP contribution in [0.3, 0.4) is 0 Å². The Morgan fingerprint density at radius 1 is 0.467 bits per heavy atom. The summed E-state index contributed by atoms with van der Waals surface area (Å²) >= 11 is 0. The Bertz CT molecular complexity index is 421. The summed E-state index contributed by atoms with van der Waals surface area (Å²) in [5, 5.41) is 0. The van der Waals surface area contributed by atoms with E-state index in [1.807, 2.05) is 0 Å². The molecule has 0 aliphatic heterocycles. The molecule has 0 aliphatic carbocycles. The largest absolute Gasteiger partial charge is 0.303 e. The molecule has 0 saturated carbocycles. The highest BCUT2D eigenvalue weighted by Gasteiger charge is 2.05. The van der Waals surface area contributed by atoms with Gasteiger partial charge in [-0.1, -0.05) is 134 Å². The summed E-state index contributed by atoms with van der Waals surface area (Å²) in [7, 11) is 0. The Labute approximate surface area is 190 Å². The number of hydrogen-bond acceptors (Lipinski definition) is 1. The summed E-state index contributed by atoms with van der Waals surface area (Å²) in [5.41, 5.74) is 1.50. The molecule has 30 heavy (non-hydrogen) atoms. The van der Waals surface area contributed by atoms with Gasteiger partial charge in [-0.15, -0.1) is 0 Å². The molecule has 0 atom stereocenters. The highest BCUT2D eigenvalue weighted by molar-refractivity contribution is 5.14. The lowest BCUT2D eigenvalue weighted by atomic mass is 10.1. The first-order chi connectivity index (χ1) is 14.9. The predicted molar refractivity (Wildman–Crippen MR) is 136 cm³/mol. The van der Waals surface area contributed by atoms with Gasteiger partial charge in [0, 0.05) is 0 Å². The molecule has 0 N–H and O–H groups in total. The smallest absolute Gasteiger partial charge is 0.00156 e. The maximum absolute atomic E-state index is 2.77. The Balaban J connectivity index is 2.16. The van der Waals surface area contributed by atoms with E-state index < -0.39 is 0 Å². The van der Waals surface area contributed by atoms with Crippen molar-refractivity contribution in [3.8, 4) is 0 Å². The van der Waals surface area contributed by atoms with Crippen molar-refractivity contribution in [2.75, 3.05) is 19.6 Å². The second-order valence-corrected chi connectivity index (χ2v) is 9.38. The zero-order chi connectivity index (χ0) is 21.5. The first kappa shape index (κ1) is 27.2. The molecule has 1 aromatic carbocycles. The maximum Gasteiger partial charge on any atom is -0.00156 e. The predicted octanol–water partition coefficient (Wildman–Crippen LogP) is 9.20. The topological polar surface area (TPSA) is 3.24 Å². The van der Waals surface area contributed by atoms with E-state index in [1.165, 1.54) is 141 Å². The number of unbranched alkanes of at least 4 members (excludes halogenated alkanes) is 14. The van der Waals surface area contributed by atoms with Gasteiger partial charge in [-0.2, -0.15) is 0 Å². The highest BCUT2D eigenvalue weighted by atomic mass is 15.1. The minimum Gasteiger partial charge on any atom is -0.303 e. The van der Waals surface area contributed by atoms with Gasteiger partial charge < -0.3 is 4.90 Å². The number of hydrogen-bond donors (Lipinski definition) is 0. The Kier molecular flexibility index (Phi) is 19.4. The standard InChI is InChI=1S/C29H53N/c1-3-5-7-9-11-13-15-20-26-30(27-21-16-14-12-10-8-6-4-2)28-22-25-29-23-18-17-19-24-29/h17-19,23-24H,3-16,20-22,25-28H2,1-2H3. The van der Waals surface area contributed by atoms with Crippen LogP contribution in [0.1, 0.15) is 129 Å². The van der Waals surface area contributed by atoms with E-state index in [9.17, 15) is 0 Å². The summed E-state index contributed by atoms with van der Waals surface area (Å²) in [4.78, 5) is 2.77. The molecule has 1 nitrogen and oxygen atoms in total. The summed E-state index contributed by atoms with van der Waals surface area (Å²) in [5.74, 6) is 0. The van der Waals surface area contributed by atoms with E-state index in [4.69, 9.17) is 0 Å².